The van der Waals surface area contributed by atoms with Gasteiger partial charge in [-0.15, -0.1) is 0 Å². The standard InChI is InChI=1S/C26H28FN7O/c1-34-9-8-16-10-15(6-7-23(16)34)17-11-18(14-30-13-17)31-25-19(24(29)35)12-20(27)26(33-25)32-22-5-3-2-4-21(22)28/h6-14,21-22H,2-5,28H2,1H3,(H2,29,35)(H2,31,32,33)/t21-,22+/m1/s1. The third kappa shape index (κ3) is 4.67. The molecule has 6 N–H and O–H groups in total. The lowest BCUT2D eigenvalue weighted by molar-refractivity contribution is 0.100. The summed E-state index contributed by atoms with van der Waals surface area (Å²) in [6.07, 6.45) is 9.18. The van der Waals surface area contributed by atoms with E-state index in [0.717, 1.165) is 53.8 Å². The van der Waals surface area contributed by atoms with E-state index >= 15 is 0 Å². The van der Waals surface area contributed by atoms with E-state index in [4.69, 9.17) is 11.5 Å². The van der Waals surface area contributed by atoms with Crippen LogP contribution in [0.4, 0.5) is 21.7 Å². The highest BCUT2D eigenvalue weighted by atomic mass is 19.1. The number of hydrogen-bond acceptors (Lipinski definition) is 6. The van der Waals surface area contributed by atoms with E-state index in [1.807, 2.05) is 25.4 Å². The molecule has 0 unspecified atom stereocenters. The lowest BCUT2D eigenvalue weighted by Crippen LogP contribution is -2.43. The van der Waals surface area contributed by atoms with Gasteiger partial charge in [0.25, 0.3) is 5.91 Å². The summed E-state index contributed by atoms with van der Waals surface area (Å²) >= 11 is 0. The molecule has 3 heterocycles. The molecule has 35 heavy (non-hydrogen) atoms. The molecule has 9 heteroatoms. The molecule has 1 fully saturated rings. The average Bonchev–Trinajstić information content (AvgIpc) is 3.22. The number of primary amides is 1. The number of anilines is 3. The molecule has 8 nitrogen and oxygen atoms in total. The zero-order valence-corrected chi connectivity index (χ0v) is 19.5. The number of amides is 1. The van der Waals surface area contributed by atoms with Gasteiger partial charge in [-0.25, -0.2) is 9.37 Å². The topological polar surface area (TPSA) is 124 Å². The van der Waals surface area contributed by atoms with Gasteiger partial charge in [-0.1, -0.05) is 18.9 Å². The average molecular weight is 474 g/mol. The second-order valence-electron chi connectivity index (χ2n) is 9.07. The molecule has 1 saturated carbocycles. The molecule has 180 valence electrons. The van der Waals surface area contributed by atoms with Crippen LogP contribution in [0.2, 0.25) is 0 Å². The van der Waals surface area contributed by atoms with Crippen molar-refractivity contribution in [2.24, 2.45) is 18.5 Å². The third-order valence-electron chi connectivity index (χ3n) is 6.60. The fourth-order valence-corrected chi connectivity index (χ4v) is 4.65. The number of nitrogens with zero attached hydrogens (tertiary/aromatic N) is 3. The number of nitrogens with two attached hydrogens (primary N) is 2. The minimum Gasteiger partial charge on any atom is -0.365 e. The molecule has 1 aromatic carbocycles. The number of nitrogens with one attached hydrogen (secondary N) is 2. The number of pyridine rings is 2. The van der Waals surface area contributed by atoms with Crippen molar-refractivity contribution in [3.8, 4) is 11.1 Å². The van der Waals surface area contributed by atoms with E-state index in [1.54, 1.807) is 12.4 Å². The van der Waals surface area contributed by atoms with Gasteiger partial charge in [0.1, 0.15) is 5.82 Å². The molecular formula is C26H28FN7O. The fraction of sp³-hybridized carbons (Fsp3) is 0.269. The Morgan fingerprint density at radius 1 is 1.09 bits per heavy atom. The van der Waals surface area contributed by atoms with Gasteiger partial charge in [0.05, 0.1) is 17.4 Å². The predicted molar refractivity (Wildman–Crippen MR) is 136 cm³/mol. The molecule has 4 aromatic rings. The molecule has 0 bridgehead atoms. The minimum atomic E-state index is -0.779. The molecule has 5 rings (SSSR count). The number of carbonyl (C=O) groups excluding carboxylic acids is 1. The Hall–Kier alpha value is -3.98. The molecule has 2 atom stereocenters. The number of benzene rings is 1. The van der Waals surface area contributed by atoms with Crippen molar-refractivity contribution in [1.29, 1.82) is 0 Å². The number of hydrogen-bond donors (Lipinski definition) is 4. The summed E-state index contributed by atoms with van der Waals surface area (Å²) < 4.78 is 16.9. The summed E-state index contributed by atoms with van der Waals surface area (Å²) in [6.45, 7) is 0. The first-order chi connectivity index (χ1) is 16.9. The summed E-state index contributed by atoms with van der Waals surface area (Å²) in [6, 6.07) is 11.1. The molecule has 0 saturated heterocycles. The van der Waals surface area contributed by atoms with Gasteiger partial charge in [0.15, 0.2) is 11.6 Å². The van der Waals surface area contributed by atoms with Crippen molar-refractivity contribution in [3.63, 3.8) is 0 Å². The van der Waals surface area contributed by atoms with E-state index in [1.165, 1.54) is 0 Å². The lowest BCUT2D eigenvalue weighted by Gasteiger charge is -2.30. The van der Waals surface area contributed by atoms with Gasteiger partial charge in [-0.05, 0) is 48.7 Å². The summed E-state index contributed by atoms with van der Waals surface area (Å²) in [4.78, 5) is 20.8. The Morgan fingerprint density at radius 2 is 1.91 bits per heavy atom. The molecular weight excluding hydrogens is 445 g/mol. The van der Waals surface area contributed by atoms with E-state index in [9.17, 15) is 9.18 Å². The highest BCUT2D eigenvalue weighted by Gasteiger charge is 2.24. The second kappa shape index (κ2) is 9.34. The van der Waals surface area contributed by atoms with Crippen LogP contribution in [0.3, 0.4) is 0 Å². The van der Waals surface area contributed by atoms with Crippen LogP contribution in [0.15, 0.2) is 55.0 Å². The van der Waals surface area contributed by atoms with Gasteiger partial charge in [0.2, 0.25) is 0 Å². The predicted octanol–water partition coefficient (Wildman–Crippen LogP) is 4.30. The highest BCUT2D eigenvalue weighted by Crippen LogP contribution is 2.29. The van der Waals surface area contributed by atoms with Crippen molar-refractivity contribution in [2.75, 3.05) is 10.6 Å². The Bertz CT molecular complexity index is 1400. The molecule has 1 aliphatic rings. The minimum absolute atomic E-state index is 0.0403. The Labute approximate surface area is 202 Å². The van der Waals surface area contributed by atoms with Crippen LogP contribution >= 0.6 is 0 Å². The van der Waals surface area contributed by atoms with Gasteiger partial charge >= 0.3 is 0 Å². The maximum absolute atomic E-state index is 14.8. The maximum Gasteiger partial charge on any atom is 0.252 e. The summed E-state index contributed by atoms with van der Waals surface area (Å²) in [7, 11) is 2.01. The number of rotatable bonds is 6. The Morgan fingerprint density at radius 3 is 2.71 bits per heavy atom. The molecule has 0 spiro atoms. The van der Waals surface area contributed by atoms with Crippen LogP contribution < -0.4 is 22.1 Å². The van der Waals surface area contributed by atoms with E-state index < -0.39 is 11.7 Å². The third-order valence-corrected chi connectivity index (χ3v) is 6.60. The fourth-order valence-electron chi connectivity index (χ4n) is 4.65. The summed E-state index contributed by atoms with van der Waals surface area (Å²) in [5.41, 5.74) is 15.3. The normalized spacial score (nSPS) is 17.9. The first-order valence-corrected chi connectivity index (χ1v) is 11.7. The Kier molecular flexibility index (Phi) is 6.08. The monoisotopic (exact) mass is 473 g/mol. The molecule has 1 amide bonds. The molecule has 1 aliphatic carbocycles. The molecule has 0 aliphatic heterocycles. The summed E-state index contributed by atoms with van der Waals surface area (Å²) in [5, 5.41) is 7.35. The van der Waals surface area contributed by atoms with Crippen molar-refractivity contribution in [3.05, 3.63) is 66.4 Å². The van der Waals surface area contributed by atoms with Gasteiger partial charge in [-0.3, -0.25) is 9.78 Å². The van der Waals surface area contributed by atoms with Crippen molar-refractivity contribution in [2.45, 2.75) is 37.8 Å². The first-order valence-electron chi connectivity index (χ1n) is 11.7. The van der Waals surface area contributed by atoms with Crippen LogP contribution in [0, 0.1) is 5.82 Å². The number of carbonyl (C=O) groups is 1. The zero-order valence-electron chi connectivity index (χ0n) is 19.5. The summed E-state index contributed by atoms with van der Waals surface area (Å²) in [5.74, 6) is -1.23. The van der Waals surface area contributed by atoms with E-state index in [2.05, 4.69) is 43.4 Å². The highest BCUT2D eigenvalue weighted by molar-refractivity contribution is 5.98. The number of aromatic nitrogens is 3. The van der Waals surface area contributed by atoms with Crippen molar-refractivity contribution in [1.82, 2.24) is 14.5 Å². The van der Waals surface area contributed by atoms with Crippen LogP contribution in [-0.2, 0) is 7.05 Å². The second-order valence-corrected chi connectivity index (χ2v) is 9.07. The number of aryl methyl sites for hydroxylation is 1. The van der Waals surface area contributed by atoms with E-state index in [-0.39, 0.29) is 29.3 Å². The quantitative estimate of drug-likeness (QED) is 0.331. The zero-order chi connectivity index (χ0) is 24.5. The smallest absolute Gasteiger partial charge is 0.252 e. The number of fused-ring (bicyclic) bond motifs is 1. The van der Waals surface area contributed by atoms with Crippen LogP contribution in [0.1, 0.15) is 36.0 Å². The number of halogens is 1. The maximum atomic E-state index is 14.8. The SMILES string of the molecule is Cn1ccc2cc(-c3cncc(Nc4nc(N[C@H]5CCCC[C@H]5N)c(F)cc4C(N)=O)c3)ccc21. The van der Waals surface area contributed by atoms with Gasteiger partial charge in [-0.2, -0.15) is 0 Å². The van der Waals surface area contributed by atoms with Crippen LogP contribution in [0.25, 0.3) is 22.0 Å². The molecule has 3 aromatic heterocycles. The van der Waals surface area contributed by atoms with Gasteiger partial charge < -0.3 is 26.7 Å². The lowest BCUT2D eigenvalue weighted by atomic mass is 9.91. The first kappa shape index (κ1) is 22.8. The van der Waals surface area contributed by atoms with Crippen LogP contribution in [-0.4, -0.2) is 32.5 Å². The van der Waals surface area contributed by atoms with Crippen molar-refractivity contribution < 1.29 is 9.18 Å². The molecule has 0 radical (unpaired) electrons. The Balaban J connectivity index is 1.46. The van der Waals surface area contributed by atoms with Crippen LogP contribution in [0.5, 0.6) is 0 Å². The van der Waals surface area contributed by atoms with E-state index in [0.29, 0.717) is 5.69 Å². The van der Waals surface area contributed by atoms with Gasteiger partial charge in [0, 0.05) is 48.0 Å². The largest absolute Gasteiger partial charge is 0.365 e. The van der Waals surface area contributed by atoms with Crippen molar-refractivity contribution >= 4 is 34.1 Å².